The molecule has 0 aromatic heterocycles. The maximum Gasteiger partial charge on any atom is 0.221 e. The van der Waals surface area contributed by atoms with E-state index >= 15 is 0 Å². The van der Waals surface area contributed by atoms with Crippen LogP contribution in [0, 0.1) is 11.3 Å². The number of amides is 1. The van der Waals surface area contributed by atoms with Gasteiger partial charge in [0.25, 0.3) is 0 Å². The van der Waals surface area contributed by atoms with Gasteiger partial charge in [0, 0.05) is 18.7 Å². The summed E-state index contributed by atoms with van der Waals surface area (Å²) in [6.07, 6.45) is 0.770. The number of carbonyl (C=O) groups is 1. The second-order valence-corrected chi connectivity index (χ2v) is 4.28. The normalized spacial score (nSPS) is 13.4. The molecule has 2 unspecified atom stereocenters. The van der Waals surface area contributed by atoms with E-state index in [1.54, 1.807) is 0 Å². The van der Waals surface area contributed by atoms with Crippen LogP contribution < -0.4 is 10.6 Å². The lowest BCUT2D eigenvalue weighted by Crippen LogP contribution is -2.29. The predicted molar refractivity (Wildman–Crippen MR) is 72.0 cm³/mol. The standard InChI is InChI=1S/C14H19N3O/c1-4-13(9-15)16-10(2)12-6-5-7-14(8-12)17-11(3)18/h5-8,10,13,16H,4H2,1-3H3,(H,17,18). The number of nitrogens with zero attached hydrogens (tertiary/aromatic N) is 1. The lowest BCUT2D eigenvalue weighted by atomic mass is 10.1. The highest BCUT2D eigenvalue weighted by Gasteiger charge is 2.11. The summed E-state index contributed by atoms with van der Waals surface area (Å²) in [4.78, 5) is 11.0. The molecule has 0 saturated carbocycles. The summed E-state index contributed by atoms with van der Waals surface area (Å²) in [6.45, 7) is 5.46. The van der Waals surface area contributed by atoms with Gasteiger partial charge in [0.15, 0.2) is 0 Å². The van der Waals surface area contributed by atoms with Gasteiger partial charge in [0.05, 0.1) is 12.1 Å². The SMILES string of the molecule is CCC(C#N)NC(C)c1cccc(NC(C)=O)c1. The number of benzene rings is 1. The summed E-state index contributed by atoms with van der Waals surface area (Å²) < 4.78 is 0. The third-order valence-corrected chi connectivity index (χ3v) is 2.72. The Hall–Kier alpha value is -1.86. The van der Waals surface area contributed by atoms with Crippen LogP contribution in [0.25, 0.3) is 0 Å². The van der Waals surface area contributed by atoms with E-state index in [0.29, 0.717) is 0 Å². The Labute approximate surface area is 108 Å². The van der Waals surface area contributed by atoms with Crippen molar-refractivity contribution in [3.63, 3.8) is 0 Å². The summed E-state index contributed by atoms with van der Waals surface area (Å²) in [5, 5.41) is 14.9. The second-order valence-electron chi connectivity index (χ2n) is 4.28. The number of nitriles is 1. The minimum Gasteiger partial charge on any atom is -0.326 e. The molecule has 0 saturated heterocycles. The molecular formula is C14H19N3O. The Morgan fingerprint density at radius 3 is 2.78 bits per heavy atom. The molecule has 0 bridgehead atoms. The first kappa shape index (κ1) is 14.2. The average Bonchev–Trinajstić information content (AvgIpc) is 2.35. The molecule has 0 radical (unpaired) electrons. The van der Waals surface area contributed by atoms with Gasteiger partial charge in [-0.2, -0.15) is 5.26 Å². The molecule has 1 aromatic carbocycles. The van der Waals surface area contributed by atoms with E-state index in [1.807, 2.05) is 38.1 Å². The van der Waals surface area contributed by atoms with E-state index < -0.39 is 0 Å². The largest absolute Gasteiger partial charge is 0.326 e. The zero-order chi connectivity index (χ0) is 13.5. The highest BCUT2D eigenvalue weighted by Crippen LogP contribution is 2.18. The molecule has 0 fully saturated rings. The number of anilines is 1. The molecule has 1 amide bonds. The number of hydrogen-bond acceptors (Lipinski definition) is 3. The molecule has 96 valence electrons. The molecule has 4 heteroatoms. The van der Waals surface area contributed by atoms with E-state index in [2.05, 4.69) is 16.7 Å². The van der Waals surface area contributed by atoms with Gasteiger partial charge >= 0.3 is 0 Å². The monoisotopic (exact) mass is 245 g/mol. The van der Waals surface area contributed by atoms with Crippen LogP contribution in [0.5, 0.6) is 0 Å². The van der Waals surface area contributed by atoms with Crippen LogP contribution in [0.15, 0.2) is 24.3 Å². The molecule has 0 spiro atoms. The highest BCUT2D eigenvalue weighted by molar-refractivity contribution is 5.88. The Morgan fingerprint density at radius 2 is 2.22 bits per heavy atom. The third-order valence-electron chi connectivity index (χ3n) is 2.72. The van der Waals surface area contributed by atoms with Gasteiger partial charge in [0.1, 0.15) is 0 Å². The summed E-state index contributed by atoms with van der Waals surface area (Å²) in [5.74, 6) is -0.0868. The van der Waals surface area contributed by atoms with E-state index in [9.17, 15) is 4.79 Å². The summed E-state index contributed by atoms with van der Waals surface area (Å²) in [7, 11) is 0. The number of rotatable bonds is 5. The van der Waals surface area contributed by atoms with Gasteiger partial charge in [-0.15, -0.1) is 0 Å². The zero-order valence-electron chi connectivity index (χ0n) is 11.0. The fourth-order valence-corrected chi connectivity index (χ4v) is 1.73. The maximum absolute atomic E-state index is 11.0. The van der Waals surface area contributed by atoms with Crippen molar-refractivity contribution >= 4 is 11.6 Å². The summed E-state index contributed by atoms with van der Waals surface area (Å²) in [5.41, 5.74) is 1.83. The second kappa shape index (κ2) is 6.77. The minimum absolute atomic E-state index is 0.0725. The van der Waals surface area contributed by atoms with Crippen LogP contribution in [0.2, 0.25) is 0 Å². The Kier molecular flexibility index (Phi) is 5.34. The number of nitrogens with one attached hydrogen (secondary N) is 2. The molecule has 4 nitrogen and oxygen atoms in total. The van der Waals surface area contributed by atoms with Gasteiger partial charge in [0.2, 0.25) is 5.91 Å². The van der Waals surface area contributed by atoms with Gasteiger partial charge in [-0.05, 0) is 31.0 Å². The van der Waals surface area contributed by atoms with Crippen LogP contribution in [0.4, 0.5) is 5.69 Å². The first-order valence-corrected chi connectivity index (χ1v) is 6.10. The molecule has 1 aromatic rings. The van der Waals surface area contributed by atoms with Crippen molar-refractivity contribution in [2.75, 3.05) is 5.32 Å². The van der Waals surface area contributed by atoms with Crippen LogP contribution in [-0.2, 0) is 4.79 Å². The third kappa shape index (κ3) is 4.19. The first-order valence-electron chi connectivity index (χ1n) is 6.10. The van der Waals surface area contributed by atoms with Crippen molar-refractivity contribution in [1.82, 2.24) is 5.32 Å². The van der Waals surface area contributed by atoms with Crippen molar-refractivity contribution in [3.05, 3.63) is 29.8 Å². The molecular weight excluding hydrogens is 226 g/mol. The predicted octanol–water partition coefficient (Wildman–Crippen LogP) is 2.60. The Bertz CT molecular complexity index is 451. The van der Waals surface area contributed by atoms with Crippen molar-refractivity contribution < 1.29 is 4.79 Å². The lowest BCUT2D eigenvalue weighted by Gasteiger charge is -2.18. The fraction of sp³-hybridized carbons (Fsp3) is 0.429. The minimum atomic E-state index is -0.149. The maximum atomic E-state index is 11.0. The smallest absolute Gasteiger partial charge is 0.221 e. The molecule has 0 aliphatic heterocycles. The zero-order valence-corrected chi connectivity index (χ0v) is 11.0. The van der Waals surface area contributed by atoms with E-state index in [0.717, 1.165) is 17.7 Å². The molecule has 0 aliphatic rings. The van der Waals surface area contributed by atoms with E-state index in [1.165, 1.54) is 6.92 Å². The van der Waals surface area contributed by atoms with Crippen molar-refractivity contribution in [3.8, 4) is 6.07 Å². The van der Waals surface area contributed by atoms with Crippen LogP contribution in [0.1, 0.15) is 38.8 Å². The first-order chi connectivity index (χ1) is 8.56. The number of hydrogen-bond donors (Lipinski definition) is 2. The summed E-state index contributed by atoms with van der Waals surface area (Å²) in [6, 6.07) is 9.78. The highest BCUT2D eigenvalue weighted by atomic mass is 16.1. The van der Waals surface area contributed by atoms with Crippen LogP contribution >= 0.6 is 0 Å². The average molecular weight is 245 g/mol. The van der Waals surface area contributed by atoms with E-state index in [4.69, 9.17) is 5.26 Å². The van der Waals surface area contributed by atoms with Crippen LogP contribution in [0.3, 0.4) is 0 Å². The van der Waals surface area contributed by atoms with Gasteiger partial charge in [-0.25, -0.2) is 0 Å². The number of carbonyl (C=O) groups excluding carboxylic acids is 1. The van der Waals surface area contributed by atoms with Crippen molar-refractivity contribution in [1.29, 1.82) is 5.26 Å². The van der Waals surface area contributed by atoms with Gasteiger partial charge in [-0.3, -0.25) is 10.1 Å². The summed E-state index contributed by atoms with van der Waals surface area (Å²) >= 11 is 0. The van der Waals surface area contributed by atoms with Gasteiger partial charge < -0.3 is 5.32 Å². The van der Waals surface area contributed by atoms with E-state index in [-0.39, 0.29) is 18.0 Å². The van der Waals surface area contributed by atoms with Crippen molar-refractivity contribution in [2.45, 2.75) is 39.3 Å². The molecule has 1 rings (SSSR count). The Morgan fingerprint density at radius 1 is 1.50 bits per heavy atom. The molecule has 0 aliphatic carbocycles. The van der Waals surface area contributed by atoms with Crippen LogP contribution in [-0.4, -0.2) is 11.9 Å². The lowest BCUT2D eigenvalue weighted by molar-refractivity contribution is -0.114. The quantitative estimate of drug-likeness (QED) is 0.838. The Balaban J connectivity index is 2.76. The van der Waals surface area contributed by atoms with Crippen molar-refractivity contribution in [2.24, 2.45) is 0 Å². The molecule has 2 atom stereocenters. The molecule has 2 N–H and O–H groups in total. The van der Waals surface area contributed by atoms with Gasteiger partial charge in [-0.1, -0.05) is 19.1 Å². The molecule has 18 heavy (non-hydrogen) atoms. The topological polar surface area (TPSA) is 64.9 Å². The molecule has 0 heterocycles. The fourth-order valence-electron chi connectivity index (χ4n) is 1.73.